The zero-order chi connectivity index (χ0) is 24.7. The van der Waals surface area contributed by atoms with Gasteiger partial charge in [-0.15, -0.1) is 24.9 Å². The number of nitrogens with one attached hydrogen (secondary N) is 1. The normalized spacial score (nSPS) is 11.1. The van der Waals surface area contributed by atoms with Crippen LogP contribution in [0.1, 0.15) is 29.3 Å². The van der Waals surface area contributed by atoms with E-state index in [-0.39, 0.29) is 11.7 Å². The van der Waals surface area contributed by atoms with Crippen LogP contribution in [0.5, 0.6) is 5.75 Å². The summed E-state index contributed by atoms with van der Waals surface area (Å²) in [5.74, 6) is 0.112. The van der Waals surface area contributed by atoms with E-state index in [0.29, 0.717) is 34.3 Å². The Balaban J connectivity index is 1.68. The van der Waals surface area contributed by atoms with Crippen LogP contribution in [0, 0.1) is 0 Å². The average molecular weight is 491 g/mol. The molecule has 0 aliphatic rings. The average Bonchev–Trinajstić information content (AvgIpc) is 2.82. The van der Waals surface area contributed by atoms with E-state index < -0.39 is 12.3 Å². The van der Waals surface area contributed by atoms with Gasteiger partial charge in [0.2, 0.25) is 5.91 Å². The molecule has 1 aromatic carbocycles. The molecular weight excluding hydrogens is 469 g/mol. The number of amides is 2. The maximum Gasteiger partial charge on any atom is 0.573 e. The fraction of sp³-hybridized carbons (Fsp3) is 0.217. The first-order chi connectivity index (χ1) is 16.2. The summed E-state index contributed by atoms with van der Waals surface area (Å²) >= 11 is 1.33. The fourth-order valence-corrected chi connectivity index (χ4v) is 3.80. The van der Waals surface area contributed by atoms with Gasteiger partial charge in [-0.25, -0.2) is 9.97 Å². The van der Waals surface area contributed by atoms with E-state index in [0.717, 1.165) is 17.7 Å². The molecule has 0 unspecified atom stereocenters. The number of benzene rings is 1. The molecule has 7 nitrogen and oxygen atoms in total. The number of nitrogens with zero attached hydrogens (tertiary/aromatic N) is 3. The van der Waals surface area contributed by atoms with Gasteiger partial charge in [0.1, 0.15) is 16.6 Å². The molecule has 0 atom stereocenters. The summed E-state index contributed by atoms with van der Waals surface area (Å²) in [7, 11) is 1.66. The molecule has 0 saturated heterocycles. The van der Waals surface area contributed by atoms with Crippen LogP contribution in [0.3, 0.4) is 0 Å². The predicted molar refractivity (Wildman–Crippen MR) is 123 cm³/mol. The Morgan fingerprint density at radius 1 is 1.09 bits per heavy atom. The van der Waals surface area contributed by atoms with Crippen LogP contribution in [0.2, 0.25) is 0 Å². The third-order valence-corrected chi connectivity index (χ3v) is 5.64. The number of halogens is 3. The van der Waals surface area contributed by atoms with Gasteiger partial charge >= 0.3 is 6.36 Å². The van der Waals surface area contributed by atoms with Crippen molar-refractivity contribution in [3.05, 3.63) is 72.1 Å². The van der Waals surface area contributed by atoms with Crippen molar-refractivity contribution in [3.8, 4) is 5.75 Å². The highest BCUT2D eigenvalue weighted by molar-refractivity contribution is 7.98. The van der Waals surface area contributed by atoms with Crippen LogP contribution in [0.4, 0.5) is 24.7 Å². The van der Waals surface area contributed by atoms with Crippen LogP contribution in [-0.2, 0) is 10.5 Å². The van der Waals surface area contributed by atoms with Crippen molar-refractivity contribution in [1.82, 2.24) is 9.97 Å². The largest absolute Gasteiger partial charge is 0.573 e. The molecule has 0 saturated carbocycles. The second kappa shape index (κ2) is 11.0. The minimum Gasteiger partial charge on any atom is -0.406 e. The molecule has 1 N–H and O–H groups in total. The minimum absolute atomic E-state index is 0.0565. The molecule has 0 spiro atoms. The van der Waals surface area contributed by atoms with Crippen molar-refractivity contribution in [3.63, 3.8) is 0 Å². The van der Waals surface area contributed by atoms with E-state index in [1.165, 1.54) is 28.8 Å². The zero-order valence-electron chi connectivity index (χ0n) is 18.3. The molecule has 0 aliphatic carbocycles. The van der Waals surface area contributed by atoms with Gasteiger partial charge in [-0.3, -0.25) is 14.5 Å². The lowest BCUT2D eigenvalue weighted by Crippen LogP contribution is -2.26. The van der Waals surface area contributed by atoms with Gasteiger partial charge in [0.05, 0.1) is 5.56 Å². The highest BCUT2D eigenvalue weighted by Crippen LogP contribution is 2.27. The third-order valence-electron chi connectivity index (χ3n) is 4.57. The second-order valence-corrected chi connectivity index (χ2v) is 7.96. The van der Waals surface area contributed by atoms with Gasteiger partial charge in [0.15, 0.2) is 0 Å². The van der Waals surface area contributed by atoms with Crippen molar-refractivity contribution < 1.29 is 27.5 Å². The van der Waals surface area contributed by atoms with Crippen molar-refractivity contribution in [2.24, 2.45) is 0 Å². The number of pyridine rings is 2. The molecule has 178 valence electrons. The first kappa shape index (κ1) is 25.0. The fourth-order valence-electron chi connectivity index (χ4n) is 2.87. The molecule has 3 aromatic rings. The predicted octanol–water partition coefficient (Wildman–Crippen LogP) is 5.29. The van der Waals surface area contributed by atoms with Crippen LogP contribution in [-0.4, -0.2) is 35.2 Å². The van der Waals surface area contributed by atoms with E-state index in [1.807, 2.05) is 6.07 Å². The van der Waals surface area contributed by atoms with Crippen LogP contribution >= 0.6 is 11.8 Å². The molecule has 0 aliphatic heterocycles. The maximum atomic E-state index is 12.8. The molecule has 0 bridgehead atoms. The van der Waals surface area contributed by atoms with E-state index >= 15 is 0 Å². The Morgan fingerprint density at radius 2 is 1.82 bits per heavy atom. The molecule has 11 heteroatoms. The van der Waals surface area contributed by atoms with Gasteiger partial charge in [0, 0.05) is 37.3 Å². The number of hydrogen-bond donors (Lipinski definition) is 1. The van der Waals surface area contributed by atoms with Gasteiger partial charge in [-0.05, 0) is 54.1 Å². The number of hydrogen-bond acceptors (Lipinski definition) is 6. The number of ether oxygens (including phenoxy) is 1. The van der Waals surface area contributed by atoms with Crippen LogP contribution < -0.4 is 15.0 Å². The van der Waals surface area contributed by atoms with Crippen molar-refractivity contribution >= 4 is 35.1 Å². The molecule has 0 radical (unpaired) electrons. The lowest BCUT2D eigenvalue weighted by atomic mass is 10.2. The highest BCUT2D eigenvalue weighted by atomic mass is 32.2. The number of rotatable bonds is 8. The number of alkyl halides is 3. The summed E-state index contributed by atoms with van der Waals surface area (Å²) < 4.78 is 40.7. The molecule has 34 heavy (non-hydrogen) atoms. The molecule has 3 rings (SSSR count). The summed E-state index contributed by atoms with van der Waals surface area (Å²) in [6.07, 6.45) is -1.25. The Kier molecular flexibility index (Phi) is 8.11. The SMILES string of the molecule is CCC(=O)N(C)c1cc(CSc2ncccc2C(=O)Nc2ccc(OC(F)(F)F)cc2)ccn1. The highest BCUT2D eigenvalue weighted by Gasteiger charge is 2.31. The summed E-state index contributed by atoms with van der Waals surface area (Å²) in [6.45, 7) is 1.77. The smallest absolute Gasteiger partial charge is 0.406 e. The van der Waals surface area contributed by atoms with Crippen molar-refractivity contribution in [2.45, 2.75) is 30.5 Å². The van der Waals surface area contributed by atoms with Gasteiger partial charge in [-0.2, -0.15) is 0 Å². The Bertz CT molecular complexity index is 1160. The minimum atomic E-state index is -4.79. The number of carbonyl (C=O) groups is 2. The lowest BCUT2D eigenvalue weighted by Gasteiger charge is -2.16. The lowest BCUT2D eigenvalue weighted by molar-refractivity contribution is -0.274. The first-order valence-electron chi connectivity index (χ1n) is 10.1. The van der Waals surface area contributed by atoms with Crippen molar-refractivity contribution in [1.29, 1.82) is 0 Å². The van der Waals surface area contributed by atoms with Gasteiger partial charge in [-0.1, -0.05) is 6.92 Å². The number of thioether (sulfide) groups is 1. The van der Waals surface area contributed by atoms with Gasteiger partial charge in [0.25, 0.3) is 5.91 Å². The molecule has 2 heterocycles. The molecule has 0 fully saturated rings. The first-order valence-corrected chi connectivity index (χ1v) is 11.1. The number of anilines is 2. The molecule has 2 aromatic heterocycles. The van der Waals surface area contributed by atoms with E-state index in [1.54, 1.807) is 44.6 Å². The standard InChI is InChI=1S/C23H21F3N4O3S/c1-3-20(31)30(2)19-13-15(10-12-27-19)14-34-22-18(5-4-11-28-22)21(32)29-16-6-8-17(9-7-16)33-23(24,25)26/h4-13H,3,14H2,1-2H3,(H,29,32). The quantitative estimate of drug-likeness (QED) is 0.432. The van der Waals surface area contributed by atoms with Gasteiger partial charge < -0.3 is 10.1 Å². The second-order valence-electron chi connectivity index (χ2n) is 7.00. The van der Waals surface area contributed by atoms with Crippen LogP contribution in [0.15, 0.2) is 66.0 Å². The summed E-state index contributed by atoms with van der Waals surface area (Å²) in [4.78, 5) is 34.7. The summed E-state index contributed by atoms with van der Waals surface area (Å²) in [5, 5.41) is 3.13. The monoisotopic (exact) mass is 490 g/mol. The van der Waals surface area contributed by atoms with E-state index in [4.69, 9.17) is 0 Å². The topological polar surface area (TPSA) is 84.4 Å². The summed E-state index contributed by atoms with van der Waals surface area (Å²) in [6, 6.07) is 11.7. The van der Waals surface area contributed by atoms with Crippen LogP contribution in [0.25, 0.3) is 0 Å². The zero-order valence-corrected chi connectivity index (χ0v) is 19.1. The number of aromatic nitrogens is 2. The molecule has 2 amide bonds. The maximum absolute atomic E-state index is 12.8. The third kappa shape index (κ3) is 6.95. The summed E-state index contributed by atoms with van der Waals surface area (Å²) in [5.41, 5.74) is 1.51. The Morgan fingerprint density at radius 3 is 2.50 bits per heavy atom. The Hall–Kier alpha value is -3.60. The Labute approximate surface area is 198 Å². The molecular formula is C23H21F3N4O3S. The van der Waals surface area contributed by atoms with E-state index in [2.05, 4.69) is 20.0 Å². The van der Waals surface area contributed by atoms with E-state index in [9.17, 15) is 22.8 Å². The number of carbonyl (C=O) groups excluding carboxylic acids is 2. The van der Waals surface area contributed by atoms with Crippen molar-refractivity contribution in [2.75, 3.05) is 17.3 Å².